The highest BCUT2D eigenvalue weighted by Crippen LogP contribution is 2.64. The van der Waals surface area contributed by atoms with Crippen LogP contribution < -0.4 is 0 Å². The fourth-order valence-corrected chi connectivity index (χ4v) is 4.74. The van der Waals surface area contributed by atoms with E-state index in [0.717, 1.165) is 19.3 Å². The highest BCUT2D eigenvalue weighted by atomic mass is 17.2. The number of ether oxygens (including phenoxy) is 1. The van der Waals surface area contributed by atoms with Gasteiger partial charge in [-0.15, -0.1) is 0 Å². The summed E-state index contributed by atoms with van der Waals surface area (Å²) in [5.41, 5.74) is -1.12. The second kappa shape index (κ2) is 4.53. The molecule has 1 spiro atoms. The monoisotopic (exact) mass is 296 g/mol. The molecule has 0 aromatic heterocycles. The summed E-state index contributed by atoms with van der Waals surface area (Å²) in [6.45, 7) is 7.72. The summed E-state index contributed by atoms with van der Waals surface area (Å²) >= 11 is 0. The van der Waals surface area contributed by atoms with Crippen molar-refractivity contribution < 1.29 is 24.1 Å². The number of rotatable bonds is 1. The quantitative estimate of drug-likeness (QED) is 0.550. The molecule has 1 saturated heterocycles. The Bertz CT molecular complexity index is 485. The van der Waals surface area contributed by atoms with E-state index < -0.39 is 5.60 Å². The minimum atomic E-state index is -0.882. The van der Waals surface area contributed by atoms with Gasteiger partial charge in [-0.3, -0.25) is 9.59 Å². The van der Waals surface area contributed by atoms with E-state index in [4.69, 9.17) is 14.5 Å². The topological polar surface area (TPSA) is 61.8 Å². The molecule has 2 bridgehead atoms. The molecule has 5 nitrogen and oxygen atoms in total. The first-order valence-corrected chi connectivity index (χ1v) is 7.77. The Balaban J connectivity index is 1.95. The van der Waals surface area contributed by atoms with Crippen molar-refractivity contribution in [2.75, 3.05) is 0 Å². The largest absolute Gasteiger partial charge is 0.460 e. The second-order valence-corrected chi connectivity index (χ2v) is 7.53. The van der Waals surface area contributed by atoms with Crippen LogP contribution in [0.15, 0.2) is 0 Å². The predicted octanol–water partition coefficient (Wildman–Crippen LogP) is 2.57. The van der Waals surface area contributed by atoms with Crippen molar-refractivity contribution >= 4 is 11.8 Å². The summed E-state index contributed by atoms with van der Waals surface area (Å²) in [5, 5.41) is 0. The first-order chi connectivity index (χ1) is 9.72. The maximum absolute atomic E-state index is 12.5. The van der Waals surface area contributed by atoms with Crippen molar-refractivity contribution in [3.05, 3.63) is 0 Å². The highest BCUT2D eigenvalue weighted by molar-refractivity contribution is 5.89. The van der Waals surface area contributed by atoms with E-state index in [1.165, 1.54) is 6.92 Å². The van der Waals surface area contributed by atoms with Gasteiger partial charge in [-0.05, 0) is 38.0 Å². The zero-order chi connectivity index (χ0) is 15.5. The lowest BCUT2D eigenvalue weighted by Crippen LogP contribution is -2.70. The van der Waals surface area contributed by atoms with Crippen LogP contribution in [0.1, 0.15) is 59.8 Å². The van der Waals surface area contributed by atoms with Gasteiger partial charge in [0.15, 0.2) is 11.4 Å². The normalized spacial score (nSPS) is 44.9. The third-order valence-electron chi connectivity index (χ3n) is 6.19. The molecule has 0 N–H and O–H groups in total. The Morgan fingerprint density at radius 3 is 2.67 bits per heavy atom. The van der Waals surface area contributed by atoms with E-state index in [9.17, 15) is 9.59 Å². The van der Waals surface area contributed by atoms with Gasteiger partial charge < -0.3 is 4.74 Å². The molecule has 0 unspecified atom stereocenters. The van der Waals surface area contributed by atoms with Crippen LogP contribution in [-0.2, 0) is 24.1 Å². The van der Waals surface area contributed by atoms with Crippen molar-refractivity contribution in [3.8, 4) is 0 Å². The SMILES string of the molecule is CC(=O)O[C@@H]1CC[C@@]23C[C@@H]1OO[C@]2(C)C(=O)CCC3(C)C. The minimum Gasteiger partial charge on any atom is -0.460 e. The molecule has 2 saturated carbocycles. The Labute approximate surface area is 125 Å². The van der Waals surface area contributed by atoms with Crippen LogP contribution in [0.3, 0.4) is 0 Å². The van der Waals surface area contributed by atoms with Crippen LogP contribution in [0.2, 0.25) is 0 Å². The lowest BCUT2D eigenvalue weighted by Gasteiger charge is -2.64. The van der Waals surface area contributed by atoms with Crippen molar-refractivity contribution in [2.24, 2.45) is 10.8 Å². The molecule has 0 aromatic rings. The first kappa shape index (κ1) is 15.0. The summed E-state index contributed by atoms with van der Waals surface area (Å²) in [6.07, 6.45) is 3.11. The number of fused-ring (bicyclic) bond motifs is 1. The summed E-state index contributed by atoms with van der Waals surface area (Å²) in [4.78, 5) is 34.9. The molecule has 0 amide bonds. The summed E-state index contributed by atoms with van der Waals surface area (Å²) in [6, 6.07) is 0. The Morgan fingerprint density at radius 1 is 1.29 bits per heavy atom. The average Bonchev–Trinajstić information content (AvgIpc) is 2.41. The van der Waals surface area contributed by atoms with Crippen molar-refractivity contribution in [3.63, 3.8) is 0 Å². The van der Waals surface area contributed by atoms with Gasteiger partial charge >= 0.3 is 5.97 Å². The molecular formula is C16H24O5. The van der Waals surface area contributed by atoms with Gasteiger partial charge in [0.05, 0.1) is 0 Å². The van der Waals surface area contributed by atoms with Gasteiger partial charge in [-0.2, -0.15) is 0 Å². The highest BCUT2D eigenvalue weighted by Gasteiger charge is 2.69. The number of ketones is 1. The summed E-state index contributed by atoms with van der Waals surface area (Å²) < 4.78 is 5.35. The fraction of sp³-hybridized carbons (Fsp3) is 0.875. The zero-order valence-electron chi connectivity index (χ0n) is 13.2. The van der Waals surface area contributed by atoms with Crippen LogP contribution in [0, 0.1) is 10.8 Å². The smallest absolute Gasteiger partial charge is 0.302 e. The molecule has 3 aliphatic rings. The Hall–Kier alpha value is -0.940. The lowest BCUT2D eigenvalue weighted by molar-refractivity contribution is -0.456. The Kier molecular flexibility index (Phi) is 3.23. The van der Waals surface area contributed by atoms with E-state index >= 15 is 0 Å². The zero-order valence-corrected chi connectivity index (χ0v) is 13.2. The van der Waals surface area contributed by atoms with Crippen molar-refractivity contribution in [1.82, 2.24) is 0 Å². The van der Waals surface area contributed by atoms with Gasteiger partial charge in [0.2, 0.25) is 0 Å². The van der Waals surface area contributed by atoms with Gasteiger partial charge in [0, 0.05) is 18.8 Å². The minimum absolute atomic E-state index is 0.00111. The number of hydrogen-bond acceptors (Lipinski definition) is 5. The fourth-order valence-electron chi connectivity index (χ4n) is 4.74. The standard InChI is InChI=1S/C16H24O5/c1-10(17)19-11-5-8-16-9-12(11)20-21-15(16,4)13(18)6-7-14(16,2)3/h11-12H,5-9H2,1-4H3/t11-,12+,15-,16+/m1/s1. The Morgan fingerprint density at radius 2 is 2.00 bits per heavy atom. The maximum atomic E-state index is 12.5. The van der Waals surface area contributed by atoms with Gasteiger partial charge in [0.25, 0.3) is 0 Å². The molecule has 2 aliphatic carbocycles. The molecule has 1 aliphatic heterocycles. The molecule has 3 rings (SSSR count). The predicted molar refractivity (Wildman–Crippen MR) is 74.2 cm³/mol. The van der Waals surface area contributed by atoms with Crippen molar-refractivity contribution in [1.29, 1.82) is 0 Å². The molecule has 21 heavy (non-hydrogen) atoms. The number of carbonyl (C=O) groups is 2. The molecule has 0 aromatic carbocycles. The molecule has 0 radical (unpaired) electrons. The molecule has 4 atom stereocenters. The molecule has 3 fully saturated rings. The average molecular weight is 296 g/mol. The second-order valence-electron chi connectivity index (χ2n) is 7.53. The maximum Gasteiger partial charge on any atom is 0.302 e. The third kappa shape index (κ3) is 1.90. The lowest BCUT2D eigenvalue weighted by atomic mass is 9.45. The molecule has 118 valence electrons. The van der Waals surface area contributed by atoms with E-state index in [1.54, 1.807) is 0 Å². The van der Waals surface area contributed by atoms with Gasteiger partial charge in [0.1, 0.15) is 12.2 Å². The van der Waals surface area contributed by atoms with Crippen LogP contribution in [0.5, 0.6) is 0 Å². The van der Waals surface area contributed by atoms with Gasteiger partial charge in [-0.1, -0.05) is 13.8 Å². The van der Waals surface area contributed by atoms with E-state index in [1.807, 2.05) is 6.92 Å². The molecule has 1 heterocycles. The van der Waals surface area contributed by atoms with E-state index in [2.05, 4.69) is 13.8 Å². The number of carbonyl (C=O) groups excluding carboxylic acids is 2. The van der Waals surface area contributed by atoms with Crippen molar-refractivity contribution in [2.45, 2.75) is 77.6 Å². The van der Waals surface area contributed by atoms with E-state index in [0.29, 0.717) is 12.8 Å². The number of hydrogen-bond donors (Lipinski definition) is 0. The number of Topliss-reactive ketones (excluding diaryl/α,β-unsaturated/α-hetero) is 1. The molecule has 5 heteroatoms. The summed E-state index contributed by atoms with van der Waals surface area (Å²) in [5.74, 6) is -0.168. The third-order valence-corrected chi connectivity index (χ3v) is 6.19. The number of esters is 1. The van der Waals surface area contributed by atoms with Gasteiger partial charge in [-0.25, -0.2) is 9.78 Å². The van der Waals surface area contributed by atoms with Crippen LogP contribution in [0.4, 0.5) is 0 Å². The molecular weight excluding hydrogens is 272 g/mol. The summed E-state index contributed by atoms with van der Waals surface area (Å²) in [7, 11) is 0. The van der Waals surface area contributed by atoms with Crippen LogP contribution in [-0.4, -0.2) is 29.6 Å². The van der Waals surface area contributed by atoms with Crippen LogP contribution in [0.25, 0.3) is 0 Å². The van der Waals surface area contributed by atoms with E-state index in [-0.39, 0.29) is 34.8 Å². The van der Waals surface area contributed by atoms with Crippen LogP contribution >= 0.6 is 0 Å². The first-order valence-electron chi connectivity index (χ1n) is 7.77.